The van der Waals surface area contributed by atoms with Gasteiger partial charge >= 0.3 is 0 Å². The zero-order valence-corrected chi connectivity index (χ0v) is 18.4. The van der Waals surface area contributed by atoms with Crippen LogP contribution in [0, 0.1) is 6.92 Å². The van der Waals surface area contributed by atoms with Crippen molar-refractivity contribution < 1.29 is 14.5 Å². The van der Waals surface area contributed by atoms with Crippen LogP contribution in [-0.2, 0) is 9.59 Å². The van der Waals surface area contributed by atoms with Crippen molar-refractivity contribution in [3.05, 3.63) is 59.1 Å². The molecule has 0 saturated carbocycles. The number of carbonyl (C=O) groups is 2. The van der Waals surface area contributed by atoms with Gasteiger partial charge in [0.15, 0.2) is 13.1 Å². The van der Waals surface area contributed by atoms with Crippen molar-refractivity contribution in [1.82, 2.24) is 4.90 Å². The van der Waals surface area contributed by atoms with Crippen LogP contribution in [-0.4, -0.2) is 62.5 Å². The molecule has 160 valence electrons. The average Bonchev–Trinajstić information content (AvgIpc) is 2.76. The molecule has 2 N–H and O–H groups in total. The topological polar surface area (TPSA) is 57.1 Å². The van der Waals surface area contributed by atoms with Gasteiger partial charge in [0.1, 0.15) is 0 Å². The largest absolute Gasteiger partial charge is 0.368 e. The zero-order chi connectivity index (χ0) is 21.5. The number of para-hydroxylation sites is 1. The van der Waals surface area contributed by atoms with Crippen molar-refractivity contribution in [1.29, 1.82) is 0 Å². The fourth-order valence-electron chi connectivity index (χ4n) is 3.64. The Morgan fingerprint density at radius 1 is 1.03 bits per heavy atom. The van der Waals surface area contributed by atoms with Crippen LogP contribution in [0.2, 0.25) is 5.02 Å². The Morgan fingerprint density at radius 3 is 2.40 bits per heavy atom. The lowest BCUT2D eigenvalue weighted by Crippen LogP contribution is -3.14. The van der Waals surface area contributed by atoms with Crippen molar-refractivity contribution in [2.45, 2.75) is 13.8 Å². The number of rotatable bonds is 7. The third kappa shape index (κ3) is 5.97. The van der Waals surface area contributed by atoms with Crippen molar-refractivity contribution in [3.8, 4) is 0 Å². The molecule has 0 spiro atoms. The third-order valence-corrected chi connectivity index (χ3v) is 5.77. The van der Waals surface area contributed by atoms with Crippen molar-refractivity contribution in [3.63, 3.8) is 0 Å². The minimum atomic E-state index is -0.112. The summed E-state index contributed by atoms with van der Waals surface area (Å²) >= 11 is 6.03. The summed E-state index contributed by atoms with van der Waals surface area (Å²) in [4.78, 5) is 30.4. The van der Waals surface area contributed by atoms with Gasteiger partial charge < -0.3 is 20.0 Å². The lowest BCUT2D eigenvalue weighted by molar-refractivity contribution is -0.882. The van der Waals surface area contributed by atoms with E-state index in [0.29, 0.717) is 36.9 Å². The molecule has 3 rings (SSSR count). The Labute approximate surface area is 183 Å². The Kier molecular flexibility index (Phi) is 7.71. The van der Waals surface area contributed by atoms with Gasteiger partial charge in [-0.3, -0.25) is 9.59 Å². The number of benzene rings is 2. The number of amides is 2. The Balaban J connectivity index is 1.48. The summed E-state index contributed by atoms with van der Waals surface area (Å²) < 4.78 is 0. The lowest BCUT2D eigenvalue weighted by atomic mass is 10.2. The van der Waals surface area contributed by atoms with E-state index in [4.69, 9.17) is 11.6 Å². The minimum Gasteiger partial charge on any atom is -0.368 e. The van der Waals surface area contributed by atoms with Gasteiger partial charge in [0, 0.05) is 42.6 Å². The second kappa shape index (κ2) is 10.5. The van der Waals surface area contributed by atoms with Crippen LogP contribution in [0.25, 0.3) is 0 Å². The summed E-state index contributed by atoms with van der Waals surface area (Å²) in [6.07, 6.45) is 0. The first-order valence-electron chi connectivity index (χ1n) is 10.4. The second-order valence-electron chi connectivity index (χ2n) is 7.67. The Hall–Kier alpha value is -2.57. The van der Waals surface area contributed by atoms with E-state index in [-0.39, 0.29) is 18.4 Å². The maximum atomic E-state index is 12.8. The number of quaternary nitrogens is 1. The average molecular weight is 430 g/mol. The fourth-order valence-corrected chi connectivity index (χ4v) is 3.81. The molecule has 2 amide bonds. The summed E-state index contributed by atoms with van der Waals surface area (Å²) in [6, 6.07) is 15.7. The highest BCUT2D eigenvalue weighted by molar-refractivity contribution is 6.31. The maximum absolute atomic E-state index is 12.8. The Bertz CT molecular complexity index is 867. The molecule has 0 radical (unpaired) electrons. The van der Waals surface area contributed by atoms with E-state index >= 15 is 0 Å². The monoisotopic (exact) mass is 429 g/mol. The van der Waals surface area contributed by atoms with Crippen LogP contribution >= 0.6 is 11.6 Å². The summed E-state index contributed by atoms with van der Waals surface area (Å²) in [6.45, 7) is 8.26. The van der Waals surface area contributed by atoms with Crippen LogP contribution in [0.1, 0.15) is 12.5 Å². The number of carbonyl (C=O) groups excluding carboxylic acids is 2. The highest BCUT2D eigenvalue weighted by atomic mass is 35.5. The van der Waals surface area contributed by atoms with Crippen molar-refractivity contribution >= 4 is 34.8 Å². The first-order chi connectivity index (χ1) is 14.5. The molecule has 1 aliphatic heterocycles. The summed E-state index contributed by atoms with van der Waals surface area (Å²) in [5.41, 5.74) is 2.86. The van der Waals surface area contributed by atoms with Crippen LogP contribution in [0.5, 0.6) is 0 Å². The first kappa shape index (κ1) is 22.1. The van der Waals surface area contributed by atoms with E-state index in [2.05, 4.69) is 22.3 Å². The van der Waals surface area contributed by atoms with Gasteiger partial charge in [-0.2, -0.15) is 0 Å². The van der Waals surface area contributed by atoms with E-state index < -0.39 is 0 Å². The quantitative estimate of drug-likeness (QED) is 0.706. The van der Waals surface area contributed by atoms with Gasteiger partial charge in [0.25, 0.3) is 11.8 Å². The first-order valence-corrected chi connectivity index (χ1v) is 10.8. The molecular weight excluding hydrogens is 400 g/mol. The number of hydrogen-bond donors (Lipinski definition) is 2. The van der Waals surface area contributed by atoms with Crippen molar-refractivity contribution in [2.75, 3.05) is 56.0 Å². The van der Waals surface area contributed by atoms with Gasteiger partial charge in [-0.25, -0.2) is 0 Å². The lowest BCUT2D eigenvalue weighted by Gasteiger charge is -2.36. The molecule has 0 aliphatic carbocycles. The van der Waals surface area contributed by atoms with Gasteiger partial charge in [0.2, 0.25) is 0 Å². The molecule has 0 bridgehead atoms. The summed E-state index contributed by atoms with van der Waals surface area (Å²) in [5.74, 6) is -0.00906. The molecule has 2 aromatic rings. The molecule has 7 heteroatoms. The highest BCUT2D eigenvalue weighted by Gasteiger charge is 2.25. The molecular formula is C23H30ClN4O2+. The standard InChI is InChI=1S/C23H29ClN4O2/c1-3-26(16-22(29)25-21-15-19(24)10-9-18(21)2)17-23(30)28-13-11-27(12-14-28)20-7-5-4-6-8-20/h4-10,15H,3,11-14,16-17H2,1-2H3,(H,25,29)/p+1. The molecule has 1 aliphatic rings. The van der Waals surface area contributed by atoms with Crippen molar-refractivity contribution in [2.24, 2.45) is 0 Å². The SMILES string of the molecule is CC[NH+](CC(=O)Nc1cc(Cl)ccc1C)CC(=O)N1CCN(c2ccccc2)CC1. The number of piperazine rings is 1. The molecule has 1 atom stereocenters. The minimum absolute atomic E-state index is 0.103. The van der Waals surface area contributed by atoms with Crippen LogP contribution in [0.3, 0.4) is 0 Å². The highest BCUT2D eigenvalue weighted by Crippen LogP contribution is 2.20. The molecule has 1 unspecified atom stereocenters. The number of hydrogen-bond acceptors (Lipinski definition) is 3. The number of anilines is 2. The van der Waals surface area contributed by atoms with Crippen LogP contribution in [0.15, 0.2) is 48.5 Å². The molecule has 30 heavy (non-hydrogen) atoms. The van der Waals surface area contributed by atoms with Crippen LogP contribution < -0.4 is 15.1 Å². The van der Waals surface area contributed by atoms with E-state index in [0.717, 1.165) is 23.6 Å². The number of nitrogens with one attached hydrogen (secondary N) is 2. The maximum Gasteiger partial charge on any atom is 0.279 e. The number of nitrogens with zero attached hydrogens (tertiary/aromatic N) is 2. The van der Waals surface area contributed by atoms with E-state index in [1.165, 1.54) is 5.69 Å². The number of aryl methyl sites for hydroxylation is 1. The predicted octanol–water partition coefficient (Wildman–Crippen LogP) is 1.84. The second-order valence-corrected chi connectivity index (χ2v) is 8.10. The molecule has 0 aromatic heterocycles. The van der Waals surface area contributed by atoms with E-state index in [9.17, 15) is 9.59 Å². The smallest absolute Gasteiger partial charge is 0.279 e. The van der Waals surface area contributed by atoms with E-state index in [1.54, 1.807) is 12.1 Å². The normalized spacial score (nSPS) is 15.0. The summed E-state index contributed by atoms with van der Waals surface area (Å²) in [5, 5.41) is 3.50. The molecule has 6 nitrogen and oxygen atoms in total. The fraction of sp³-hybridized carbons (Fsp3) is 0.391. The predicted molar refractivity (Wildman–Crippen MR) is 121 cm³/mol. The number of halogens is 1. The Morgan fingerprint density at radius 2 is 1.73 bits per heavy atom. The number of likely N-dealkylation sites (N-methyl/N-ethyl adjacent to an activating group) is 1. The van der Waals surface area contributed by atoms with E-state index in [1.807, 2.05) is 43.0 Å². The van der Waals surface area contributed by atoms with Gasteiger partial charge in [-0.05, 0) is 43.7 Å². The molecule has 1 saturated heterocycles. The molecule has 2 aromatic carbocycles. The van der Waals surface area contributed by atoms with Gasteiger partial charge in [-0.15, -0.1) is 0 Å². The molecule has 1 heterocycles. The van der Waals surface area contributed by atoms with Gasteiger partial charge in [0.05, 0.1) is 6.54 Å². The summed E-state index contributed by atoms with van der Waals surface area (Å²) in [7, 11) is 0. The zero-order valence-electron chi connectivity index (χ0n) is 17.7. The van der Waals surface area contributed by atoms with Crippen LogP contribution in [0.4, 0.5) is 11.4 Å². The molecule has 1 fully saturated rings. The third-order valence-electron chi connectivity index (χ3n) is 5.54. The van der Waals surface area contributed by atoms with Gasteiger partial charge in [-0.1, -0.05) is 35.9 Å².